The fourth-order valence-electron chi connectivity index (χ4n) is 2.90. The monoisotopic (exact) mass is 249 g/mol. The lowest BCUT2D eigenvalue weighted by atomic mass is 9.83. The Kier molecular flexibility index (Phi) is 3.41. The first-order chi connectivity index (χ1) is 8.36. The summed E-state index contributed by atoms with van der Waals surface area (Å²) >= 11 is 1.95. The van der Waals surface area contributed by atoms with Crippen molar-refractivity contribution in [2.45, 2.75) is 29.7 Å². The van der Waals surface area contributed by atoms with Crippen LogP contribution >= 0.6 is 11.8 Å². The van der Waals surface area contributed by atoms with Crippen LogP contribution in [0.5, 0.6) is 0 Å². The van der Waals surface area contributed by atoms with E-state index in [1.165, 1.54) is 23.3 Å². The first kappa shape index (κ1) is 11.6. The van der Waals surface area contributed by atoms with Gasteiger partial charge in [0.1, 0.15) is 0 Å². The standard InChI is InChI=1S/C14H19NOS/c15-14(10-4-3-7-16-8-10)12-9-17-13-6-2-1-5-11(12)13/h1-2,5-6,10,12,14H,3-4,7-9,15H2. The van der Waals surface area contributed by atoms with Gasteiger partial charge in [0.15, 0.2) is 0 Å². The lowest BCUT2D eigenvalue weighted by Gasteiger charge is -2.31. The van der Waals surface area contributed by atoms with Gasteiger partial charge in [-0.15, -0.1) is 11.8 Å². The van der Waals surface area contributed by atoms with E-state index in [1.807, 2.05) is 11.8 Å². The van der Waals surface area contributed by atoms with Gasteiger partial charge in [-0.05, 0) is 30.4 Å². The van der Waals surface area contributed by atoms with Gasteiger partial charge in [-0.1, -0.05) is 18.2 Å². The molecule has 0 aromatic heterocycles. The van der Waals surface area contributed by atoms with Gasteiger partial charge >= 0.3 is 0 Å². The summed E-state index contributed by atoms with van der Waals surface area (Å²) in [5.74, 6) is 2.19. The molecule has 1 saturated heterocycles. The van der Waals surface area contributed by atoms with Crippen molar-refractivity contribution in [3.63, 3.8) is 0 Å². The maximum Gasteiger partial charge on any atom is 0.0509 e. The van der Waals surface area contributed by atoms with Crippen LogP contribution in [0.25, 0.3) is 0 Å². The van der Waals surface area contributed by atoms with Crippen molar-refractivity contribution in [1.29, 1.82) is 0 Å². The largest absolute Gasteiger partial charge is 0.381 e. The maximum atomic E-state index is 6.48. The first-order valence-corrected chi connectivity index (χ1v) is 7.40. The van der Waals surface area contributed by atoms with Crippen LogP contribution in [-0.2, 0) is 4.74 Å². The maximum absolute atomic E-state index is 6.48. The molecule has 92 valence electrons. The minimum absolute atomic E-state index is 0.256. The van der Waals surface area contributed by atoms with Gasteiger partial charge in [-0.2, -0.15) is 0 Å². The molecule has 0 bridgehead atoms. The summed E-state index contributed by atoms with van der Waals surface area (Å²) in [4.78, 5) is 1.42. The quantitative estimate of drug-likeness (QED) is 0.875. The molecule has 0 amide bonds. The number of thioether (sulfide) groups is 1. The predicted molar refractivity (Wildman–Crippen MR) is 71.4 cm³/mol. The highest BCUT2D eigenvalue weighted by molar-refractivity contribution is 7.99. The molecule has 0 spiro atoms. The van der Waals surface area contributed by atoms with Crippen molar-refractivity contribution in [3.8, 4) is 0 Å². The van der Waals surface area contributed by atoms with Gasteiger partial charge in [0, 0.05) is 29.2 Å². The molecule has 3 unspecified atom stereocenters. The predicted octanol–water partition coefficient (Wildman–Crippen LogP) is 2.63. The van der Waals surface area contributed by atoms with Crippen LogP contribution in [0.3, 0.4) is 0 Å². The zero-order chi connectivity index (χ0) is 11.7. The number of hydrogen-bond donors (Lipinski definition) is 1. The van der Waals surface area contributed by atoms with E-state index < -0.39 is 0 Å². The Morgan fingerprint density at radius 1 is 1.35 bits per heavy atom. The Morgan fingerprint density at radius 3 is 3.06 bits per heavy atom. The zero-order valence-electron chi connectivity index (χ0n) is 9.97. The molecule has 3 rings (SSSR count). The summed E-state index contributed by atoms with van der Waals surface area (Å²) in [7, 11) is 0. The Morgan fingerprint density at radius 2 is 2.24 bits per heavy atom. The van der Waals surface area contributed by atoms with E-state index in [2.05, 4.69) is 24.3 Å². The summed E-state index contributed by atoms with van der Waals surface area (Å²) in [6.45, 7) is 1.77. The molecule has 0 radical (unpaired) electrons. The number of fused-ring (bicyclic) bond motifs is 1. The zero-order valence-corrected chi connectivity index (χ0v) is 10.8. The van der Waals surface area contributed by atoms with Crippen molar-refractivity contribution >= 4 is 11.8 Å². The number of nitrogens with two attached hydrogens (primary N) is 1. The summed E-state index contributed by atoms with van der Waals surface area (Å²) in [6.07, 6.45) is 2.39. The van der Waals surface area contributed by atoms with Crippen LogP contribution < -0.4 is 5.73 Å². The smallest absolute Gasteiger partial charge is 0.0509 e. The number of hydrogen-bond acceptors (Lipinski definition) is 3. The molecule has 3 heteroatoms. The second-order valence-corrected chi connectivity index (χ2v) is 6.07. The van der Waals surface area contributed by atoms with E-state index in [-0.39, 0.29) is 6.04 Å². The summed E-state index contributed by atoms with van der Waals surface area (Å²) in [6, 6.07) is 8.95. The molecular formula is C14H19NOS. The van der Waals surface area contributed by atoms with Gasteiger partial charge in [-0.25, -0.2) is 0 Å². The van der Waals surface area contributed by atoms with Crippen molar-refractivity contribution in [2.75, 3.05) is 19.0 Å². The lowest BCUT2D eigenvalue weighted by Crippen LogP contribution is -2.40. The fraction of sp³-hybridized carbons (Fsp3) is 0.571. The average Bonchev–Trinajstić information content (AvgIpc) is 2.83. The third-order valence-electron chi connectivity index (χ3n) is 3.94. The van der Waals surface area contributed by atoms with Gasteiger partial charge in [0.05, 0.1) is 6.61 Å². The molecule has 17 heavy (non-hydrogen) atoms. The highest BCUT2D eigenvalue weighted by Gasteiger charge is 2.33. The highest BCUT2D eigenvalue weighted by Crippen LogP contribution is 2.42. The van der Waals surface area contributed by atoms with Gasteiger partial charge in [-0.3, -0.25) is 0 Å². The highest BCUT2D eigenvalue weighted by atomic mass is 32.2. The van der Waals surface area contributed by atoms with Crippen molar-refractivity contribution in [2.24, 2.45) is 11.7 Å². The Labute approximate surface area is 107 Å². The van der Waals surface area contributed by atoms with E-state index in [0.717, 1.165) is 19.0 Å². The van der Waals surface area contributed by atoms with Crippen molar-refractivity contribution in [3.05, 3.63) is 29.8 Å². The fourth-order valence-corrected chi connectivity index (χ4v) is 4.23. The van der Waals surface area contributed by atoms with E-state index >= 15 is 0 Å². The molecule has 2 heterocycles. The molecule has 1 aromatic carbocycles. The molecule has 1 aromatic rings. The molecule has 0 saturated carbocycles. The Bertz CT molecular complexity index is 390. The molecule has 2 aliphatic rings. The van der Waals surface area contributed by atoms with E-state index in [4.69, 9.17) is 10.5 Å². The van der Waals surface area contributed by atoms with Crippen LogP contribution in [-0.4, -0.2) is 25.0 Å². The van der Waals surface area contributed by atoms with Gasteiger partial charge in [0.25, 0.3) is 0 Å². The molecule has 0 aliphatic carbocycles. The van der Waals surface area contributed by atoms with E-state index in [1.54, 1.807) is 0 Å². The Balaban J connectivity index is 1.76. The Hall–Kier alpha value is -0.510. The van der Waals surface area contributed by atoms with Crippen molar-refractivity contribution in [1.82, 2.24) is 0 Å². The lowest BCUT2D eigenvalue weighted by molar-refractivity contribution is 0.0422. The van der Waals surface area contributed by atoms with Crippen molar-refractivity contribution < 1.29 is 4.74 Å². The van der Waals surface area contributed by atoms with Crippen LogP contribution in [0.4, 0.5) is 0 Å². The third-order valence-corrected chi connectivity index (χ3v) is 5.15. The number of benzene rings is 1. The first-order valence-electron chi connectivity index (χ1n) is 6.41. The summed E-state index contributed by atoms with van der Waals surface area (Å²) in [5.41, 5.74) is 7.93. The second-order valence-electron chi connectivity index (χ2n) is 5.01. The normalized spacial score (nSPS) is 29.9. The third kappa shape index (κ3) is 2.24. The summed E-state index contributed by atoms with van der Waals surface area (Å²) in [5, 5.41) is 0. The van der Waals surface area contributed by atoms with E-state index in [0.29, 0.717) is 11.8 Å². The minimum Gasteiger partial charge on any atom is -0.381 e. The SMILES string of the molecule is NC(C1CCCOC1)C1CSc2ccccc21. The molecular weight excluding hydrogens is 230 g/mol. The number of ether oxygens (including phenoxy) is 1. The molecule has 2 N–H and O–H groups in total. The molecule has 2 nitrogen and oxygen atoms in total. The minimum atomic E-state index is 0.256. The van der Waals surface area contributed by atoms with Crippen LogP contribution in [0.2, 0.25) is 0 Å². The van der Waals surface area contributed by atoms with Crippen LogP contribution in [0, 0.1) is 5.92 Å². The van der Waals surface area contributed by atoms with E-state index in [9.17, 15) is 0 Å². The molecule has 3 atom stereocenters. The molecule has 1 fully saturated rings. The summed E-state index contributed by atoms with van der Waals surface area (Å²) < 4.78 is 5.56. The van der Waals surface area contributed by atoms with Crippen LogP contribution in [0.1, 0.15) is 24.3 Å². The topological polar surface area (TPSA) is 35.2 Å². The van der Waals surface area contributed by atoms with Crippen LogP contribution in [0.15, 0.2) is 29.2 Å². The second kappa shape index (κ2) is 5.01. The average molecular weight is 249 g/mol. The van der Waals surface area contributed by atoms with Gasteiger partial charge in [0.2, 0.25) is 0 Å². The van der Waals surface area contributed by atoms with Gasteiger partial charge < -0.3 is 10.5 Å². The molecule has 2 aliphatic heterocycles. The number of rotatable bonds is 2.